The van der Waals surface area contributed by atoms with Crippen LogP contribution in [-0.4, -0.2) is 17.0 Å². The number of nitrogens with one attached hydrogen (secondary N) is 1. The van der Waals surface area contributed by atoms with Gasteiger partial charge in [0.15, 0.2) is 0 Å². The Balaban J connectivity index is 1.77. The van der Waals surface area contributed by atoms with E-state index in [1.54, 1.807) is 0 Å². The molecule has 0 saturated carbocycles. The standard InChI is InChI=1S/C29H32N2O/c1-4-16-30-29(32)18-26(24-9-7-8-22(3)17-24)27-20-31(28-11-6-5-10-25(27)28)19-23-14-12-21(2)13-15-23/h5-15,17,20,26H,4,16,18-19H2,1-3H3,(H,30,32)/t26-/m1/s1. The van der Waals surface area contributed by atoms with Crippen molar-refractivity contribution in [2.45, 2.75) is 46.1 Å². The molecule has 0 aliphatic heterocycles. The molecule has 1 atom stereocenters. The number of hydrogen-bond donors (Lipinski definition) is 1. The van der Waals surface area contributed by atoms with Gasteiger partial charge in [0, 0.05) is 42.5 Å². The van der Waals surface area contributed by atoms with E-state index in [1.807, 2.05) is 0 Å². The summed E-state index contributed by atoms with van der Waals surface area (Å²) in [7, 11) is 0. The second kappa shape index (κ2) is 9.86. The molecule has 1 aromatic heterocycles. The zero-order valence-electron chi connectivity index (χ0n) is 19.3. The van der Waals surface area contributed by atoms with Gasteiger partial charge < -0.3 is 9.88 Å². The van der Waals surface area contributed by atoms with Crippen molar-refractivity contribution >= 4 is 16.8 Å². The third kappa shape index (κ3) is 4.94. The van der Waals surface area contributed by atoms with Crippen LogP contribution in [0.4, 0.5) is 0 Å². The molecule has 0 fully saturated rings. The average Bonchev–Trinajstić information content (AvgIpc) is 3.16. The van der Waals surface area contributed by atoms with Crippen molar-refractivity contribution in [3.05, 3.63) is 107 Å². The van der Waals surface area contributed by atoms with Crippen molar-refractivity contribution < 1.29 is 4.79 Å². The lowest BCUT2D eigenvalue weighted by Crippen LogP contribution is -2.26. The summed E-state index contributed by atoms with van der Waals surface area (Å²) in [6.07, 6.45) is 3.64. The highest BCUT2D eigenvalue weighted by Crippen LogP contribution is 2.35. The molecule has 3 heteroatoms. The molecule has 3 nitrogen and oxygen atoms in total. The minimum absolute atomic E-state index is 0.0101. The van der Waals surface area contributed by atoms with Crippen LogP contribution in [-0.2, 0) is 11.3 Å². The van der Waals surface area contributed by atoms with E-state index in [4.69, 9.17) is 0 Å². The molecule has 0 bridgehead atoms. The molecule has 0 aliphatic rings. The Morgan fingerprint density at radius 1 is 0.938 bits per heavy atom. The number of nitrogens with zero attached hydrogens (tertiary/aromatic N) is 1. The minimum Gasteiger partial charge on any atom is -0.356 e. The summed E-state index contributed by atoms with van der Waals surface area (Å²) < 4.78 is 2.32. The molecular formula is C29H32N2O. The van der Waals surface area contributed by atoms with E-state index >= 15 is 0 Å². The predicted molar refractivity (Wildman–Crippen MR) is 133 cm³/mol. The van der Waals surface area contributed by atoms with Crippen LogP contribution in [0.25, 0.3) is 10.9 Å². The number of aromatic nitrogens is 1. The smallest absolute Gasteiger partial charge is 0.220 e. The SMILES string of the molecule is CCCNC(=O)C[C@H](c1cccc(C)c1)c1cn(Cc2ccc(C)cc2)c2ccccc12. The summed E-state index contributed by atoms with van der Waals surface area (Å²) in [5.74, 6) is 0.115. The Bertz CT molecular complexity index is 1200. The first-order chi connectivity index (χ1) is 15.5. The van der Waals surface area contributed by atoms with Crippen molar-refractivity contribution in [1.29, 1.82) is 0 Å². The van der Waals surface area contributed by atoms with Crippen molar-refractivity contribution in [3.8, 4) is 0 Å². The normalized spacial score (nSPS) is 12.1. The molecule has 0 saturated heterocycles. The van der Waals surface area contributed by atoms with Crippen molar-refractivity contribution in [2.24, 2.45) is 0 Å². The maximum atomic E-state index is 12.8. The first kappa shape index (κ1) is 21.9. The molecule has 0 spiro atoms. The second-order valence-corrected chi connectivity index (χ2v) is 8.74. The molecule has 0 aliphatic carbocycles. The highest BCUT2D eigenvalue weighted by atomic mass is 16.1. The highest BCUT2D eigenvalue weighted by Gasteiger charge is 2.23. The fourth-order valence-corrected chi connectivity index (χ4v) is 4.39. The maximum absolute atomic E-state index is 12.8. The Morgan fingerprint density at radius 3 is 2.47 bits per heavy atom. The summed E-state index contributed by atoms with van der Waals surface area (Å²) in [6, 6.07) is 25.8. The van der Waals surface area contributed by atoms with Gasteiger partial charge in [-0.05, 0) is 43.0 Å². The van der Waals surface area contributed by atoms with E-state index in [1.165, 1.54) is 38.7 Å². The van der Waals surface area contributed by atoms with E-state index in [-0.39, 0.29) is 11.8 Å². The molecule has 3 aromatic carbocycles. The lowest BCUT2D eigenvalue weighted by atomic mass is 9.87. The summed E-state index contributed by atoms with van der Waals surface area (Å²) in [5.41, 5.74) is 7.36. The molecule has 4 rings (SSSR count). The van der Waals surface area contributed by atoms with Gasteiger partial charge in [-0.25, -0.2) is 0 Å². The largest absolute Gasteiger partial charge is 0.356 e. The summed E-state index contributed by atoms with van der Waals surface area (Å²) in [6.45, 7) is 7.83. The van der Waals surface area contributed by atoms with Crippen molar-refractivity contribution in [1.82, 2.24) is 9.88 Å². The van der Waals surface area contributed by atoms with E-state index in [2.05, 4.69) is 110 Å². The van der Waals surface area contributed by atoms with E-state index in [9.17, 15) is 4.79 Å². The van der Waals surface area contributed by atoms with Gasteiger partial charge in [0.1, 0.15) is 0 Å². The van der Waals surface area contributed by atoms with E-state index in [0.29, 0.717) is 13.0 Å². The Labute approximate surface area is 191 Å². The van der Waals surface area contributed by atoms with Crippen molar-refractivity contribution in [3.63, 3.8) is 0 Å². The van der Waals surface area contributed by atoms with Crippen LogP contribution in [0.2, 0.25) is 0 Å². The number of hydrogen-bond acceptors (Lipinski definition) is 1. The van der Waals surface area contributed by atoms with Gasteiger partial charge in [-0.3, -0.25) is 4.79 Å². The predicted octanol–water partition coefficient (Wildman–Crippen LogP) is 6.35. The number of rotatable bonds is 8. The molecule has 0 unspecified atom stereocenters. The molecule has 1 amide bonds. The number of carbonyl (C=O) groups is 1. The summed E-state index contributed by atoms with van der Waals surface area (Å²) in [4.78, 5) is 12.8. The fourth-order valence-electron chi connectivity index (χ4n) is 4.39. The van der Waals surface area contributed by atoms with Crippen LogP contribution in [0.15, 0.2) is 79.0 Å². The van der Waals surface area contributed by atoms with Gasteiger partial charge in [0.05, 0.1) is 0 Å². The van der Waals surface area contributed by atoms with E-state index < -0.39 is 0 Å². The topological polar surface area (TPSA) is 34.0 Å². The molecule has 32 heavy (non-hydrogen) atoms. The Hall–Kier alpha value is -3.33. The molecule has 1 N–H and O–H groups in total. The van der Waals surface area contributed by atoms with Crippen LogP contribution in [0, 0.1) is 13.8 Å². The van der Waals surface area contributed by atoms with E-state index in [0.717, 1.165) is 13.0 Å². The second-order valence-electron chi connectivity index (χ2n) is 8.74. The third-order valence-electron chi connectivity index (χ3n) is 6.07. The van der Waals surface area contributed by atoms with Gasteiger partial charge in [-0.2, -0.15) is 0 Å². The van der Waals surface area contributed by atoms with Crippen molar-refractivity contribution in [2.75, 3.05) is 6.54 Å². The highest BCUT2D eigenvalue weighted by molar-refractivity contribution is 5.86. The monoisotopic (exact) mass is 424 g/mol. The van der Waals surface area contributed by atoms with Crippen LogP contribution in [0.5, 0.6) is 0 Å². The van der Waals surface area contributed by atoms with Crippen LogP contribution >= 0.6 is 0 Å². The number of carbonyl (C=O) groups excluding carboxylic acids is 1. The Kier molecular flexibility index (Phi) is 6.75. The molecule has 164 valence electrons. The first-order valence-corrected chi connectivity index (χ1v) is 11.5. The van der Waals surface area contributed by atoms with Crippen LogP contribution < -0.4 is 5.32 Å². The van der Waals surface area contributed by atoms with Gasteiger partial charge in [-0.1, -0.05) is 84.8 Å². The minimum atomic E-state index is 0.0101. The molecular weight excluding hydrogens is 392 g/mol. The third-order valence-corrected chi connectivity index (χ3v) is 6.07. The van der Waals surface area contributed by atoms with Crippen LogP contribution in [0.1, 0.15) is 53.5 Å². The zero-order chi connectivity index (χ0) is 22.5. The van der Waals surface area contributed by atoms with Gasteiger partial charge in [0.2, 0.25) is 5.91 Å². The lowest BCUT2D eigenvalue weighted by molar-refractivity contribution is -0.121. The van der Waals surface area contributed by atoms with Gasteiger partial charge in [-0.15, -0.1) is 0 Å². The first-order valence-electron chi connectivity index (χ1n) is 11.5. The quantitative estimate of drug-likeness (QED) is 0.351. The zero-order valence-corrected chi connectivity index (χ0v) is 19.3. The summed E-state index contributed by atoms with van der Waals surface area (Å²) in [5, 5.41) is 4.29. The number of fused-ring (bicyclic) bond motifs is 1. The Morgan fingerprint density at radius 2 is 1.72 bits per heavy atom. The lowest BCUT2D eigenvalue weighted by Gasteiger charge is -2.18. The van der Waals surface area contributed by atoms with Crippen LogP contribution in [0.3, 0.4) is 0 Å². The molecule has 0 radical (unpaired) electrons. The number of amides is 1. The number of para-hydroxylation sites is 1. The fraction of sp³-hybridized carbons (Fsp3) is 0.276. The number of aryl methyl sites for hydroxylation is 2. The number of benzene rings is 3. The molecule has 4 aromatic rings. The van der Waals surface area contributed by atoms with Gasteiger partial charge >= 0.3 is 0 Å². The maximum Gasteiger partial charge on any atom is 0.220 e. The average molecular weight is 425 g/mol. The molecule has 1 heterocycles. The summed E-state index contributed by atoms with van der Waals surface area (Å²) >= 11 is 0. The van der Waals surface area contributed by atoms with Gasteiger partial charge in [0.25, 0.3) is 0 Å².